The van der Waals surface area contributed by atoms with Gasteiger partial charge in [-0.2, -0.15) is 0 Å². The molecule has 0 atom stereocenters. The van der Waals surface area contributed by atoms with Gasteiger partial charge in [-0.3, -0.25) is 4.79 Å². The van der Waals surface area contributed by atoms with E-state index in [0.717, 1.165) is 0 Å². The van der Waals surface area contributed by atoms with Crippen molar-refractivity contribution in [1.29, 1.82) is 0 Å². The second-order valence-corrected chi connectivity index (χ2v) is 3.90. The molecule has 82 valence electrons. The van der Waals surface area contributed by atoms with E-state index in [-0.39, 0.29) is 40.9 Å². The van der Waals surface area contributed by atoms with Crippen LogP contribution in [-0.4, -0.2) is 46.4 Å². The number of hydrogen-bond donors (Lipinski definition) is 1. The van der Waals surface area contributed by atoms with E-state index in [1.807, 2.05) is 13.8 Å². The molecule has 0 saturated carbocycles. The predicted octanol–water partition coefficient (Wildman–Crippen LogP) is 1.97. The second kappa shape index (κ2) is 6.84. The fraction of sp³-hybridized carbons (Fsp3) is 0.333. The van der Waals surface area contributed by atoms with Crippen LogP contribution in [0, 0.1) is 5.92 Å². The normalized spacial score (nSPS) is 9.69. The third-order valence-electron chi connectivity index (χ3n) is 2.05. The zero-order chi connectivity index (χ0) is 11.4. The van der Waals surface area contributed by atoms with Crippen molar-refractivity contribution in [2.24, 2.45) is 5.92 Å². The van der Waals surface area contributed by atoms with Gasteiger partial charge in [0.15, 0.2) is 5.78 Å². The zero-order valence-corrected chi connectivity index (χ0v) is 8.86. The van der Waals surface area contributed by atoms with Crippen molar-refractivity contribution in [2.45, 2.75) is 20.3 Å². The van der Waals surface area contributed by atoms with Crippen molar-refractivity contribution >= 4 is 41.3 Å². The van der Waals surface area contributed by atoms with E-state index in [1.54, 1.807) is 12.1 Å². The summed E-state index contributed by atoms with van der Waals surface area (Å²) in [5.74, 6) is -0.601. The summed E-state index contributed by atoms with van der Waals surface area (Å²) in [4.78, 5) is 22.2. The van der Waals surface area contributed by atoms with Crippen LogP contribution in [0.1, 0.15) is 41.0 Å². The summed E-state index contributed by atoms with van der Waals surface area (Å²) in [6.45, 7) is 3.95. The Morgan fingerprint density at radius 2 is 1.56 bits per heavy atom. The van der Waals surface area contributed by atoms with Crippen LogP contribution >= 0.6 is 0 Å². The molecular formula is C12H15NaO3. The number of rotatable bonds is 4. The van der Waals surface area contributed by atoms with Gasteiger partial charge in [0.25, 0.3) is 0 Å². The van der Waals surface area contributed by atoms with Gasteiger partial charge >= 0.3 is 35.5 Å². The molecule has 1 aromatic carbocycles. The molecule has 0 amide bonds. The van der Waals surface area contributed by atoms with Gasteiger partial charge in [0.1, 0.15) is 0 Å². The average Bonchev–Trinajstić information content (AvgIpc) is 2.17. The molecule has 1 N–H and O–H groups in total. The minimum absolute atomic E-state index is 0. The van der Waals surface area contributed by atoms with E-state index in [1.165, 1.54) is 12.1 Å². The molecule has 3 nitrogen and oxygen atoms in total. The Morgan fingerprint density at radius 3 is 1.94 bits per heavy atom. The molecule has 0 aliphatic heterocycles. The molecule has 0 aromatic heterocycles. The molecule has 0 bridgehead atoms. The third-order valence-corrected chi connectivity index (χ3v) is 2.05. The van der Waals surface area contributed by atoms with Gasteiger partial charge in [-0.25, -0.2) is 4.79 Å². The van der Waals surface area contributed by atoms with Crippen molar-refractivity contribution in [3.05, 3.63) is 35.4 Å². The van der Waals surface area contributed by atoms with Crippen LogP contribution in [0.2, 0.25) is 0 Å². The summed E-state index contributed by atoms with van der Waals surface area (Å²) in [5, 5.41) is 8.67. The quantitative estimate of drug-likeness (QED) is 0.635. The van der Waals surface area contributed by atoms with Gasteiger partial charge in [-0.1, -0.05) is 26.0 Å². The summed E-state index contributed by atoms with van der Waals surface area (Å²) in [6.07, 6.45) is 0.492. The van der Waals surface area contributed by atoms with Crippen LogP contribution in [0.3, 0.4) is 0 Å². The summed E-state index contributed by atoms with van der Waals surface area (Å²) in [5.41, 5.74) is 0.782. The predicted molar refractivity (Wildman–Crippen MR) is 64.3 cm³/mol. The Hall–Kier alpha value is -0.640. The molecule has 16 heavy (non-hydrogen) atoms. The van der Waals surface area contributed by atoms with Crippen LogP contribution in [0.25, 0.3) is 0 Å². The Balaban J connectivity index is 0.00000225. The van der Waals surface area contributed by atoms with Crippen LogP contribution in [0.5, 0.6) is 0 Å². The number of carbonyl (C=O) groups is 2. The van der Waals surface area contributed by atoms with E-state index < -0.39 is 5.97 Å². The number of carboxylic acids is 1. The second-order valence-electron chi connectivity index (χ2n) is 3.90. The maximum atomic E-state index is 11.6. The standard InChI is InChI=1S/C12H14O3.Na.H/c1-8(2)7-11(13)9-3-5-10(6-4-9)12(14)15;;/h3-6,8H,7H2,1-2H3,(H,14,15);;. The van der Waals surface area contributed by atoms with Crippen molar-refractivity contribution in [2.75, 3.05) is 0 Å². The number of Topliss-reactive ketones (excluding diaryl/α,β-unsaturated/α-hetero) is 1. The Kier molecular flexibility index (Phi) is 6.56. The Labute approximate surface area is 117 Å². The van der Waals surface area contributed by atoms with Gasteiger partial charge < -0.3 is 5.11 Å². The van der Waals surface area contributed by atoms with Crippen molar-refractivity contribution in [3.63, 3.8) is 0 Å². The molecule has 0 aliphatic carbocycles. The number of hydrogen-bond acceptors (Lipinski definition) is 2. The Bertz CT molecular complexity index is 368. The van der Waals surface area contributed by atoms with Gasteiger partial charge in [0, 0.05) is 12.0 Å². The van der Waals surface area contributed by atoms with Gasteiger partial charge in [0.2, 0.25) is 0 Å². The zero-order valence-electron chi connectivity index (χ0n) is 8.86. The number of aromatic carboxylic acids is 1. The van der Waals surface area contributed by atoms with Crippen LogP contribution in [0.15, 0.2) is 24.3 Å². The fourth-order valence-corrected chi connectivity index (χ4v) is 1.29. The first kappa shape index (κ1) is 15.4. The number of ketones is 1. The average molecular weight is 230 g/mol. The molecule has 0 spiro atoms. The topological polar surface area (TPSA) is 54.4 Å². The minimum atomic E-state index is -0.974. The fourth-order valence-electron chi connectivity index (χ4n) is 1.29. The van der Waals surface area contributed by atoms with E-state index in [4.69, 9.17) is 5.11 Å². The third kappa shape index (κ3) is 4.47. The molecule has 0 unspecified atom stereocenters. The van der Waals surface area contributed by atoms with Crippen molar-refractivity contribution in [3.8, 4) is 0 Å². The van der Waals surface area contributed by atoms with E-state index in [0.29, 0.717) is 17.9 Å². The number of benzene rings is 1. The molecule has 4 heteroatoms. The van der Waals surface area contributed by atoms with Crippen molar-refractivity contribution in [1.82, 2.24) is 0 Å². The van der Waals surface area contributed by atoms with Crippen molar-refractivity contribution < 1.29 is 14.7 Å². The first-order valence-corrected chi connectivity index (χ1v) is 4.87. The van der Waals surface area contributed by atoms with E-state index in [9.17, 15) is 9.59 Å². The molecule has 1 rings (SSSR count). The van der Waals surface area contributed by atoms with E-state index in [2.05, 4.69) is 0 Å². The summed E-state index contributed by atoms with van der Waals surface area (Å²) in [6, 6.07) is 6.04. The monoisotopic (exact) mass is 230 g/mol. The first-order valence-electron chi connectivity index (χ1n) is 4.87. The van der Waals surface area contributed by atoms with Gasteiger partial charge in [0.05, 0.1) is 5.56 Å². The molecule has 0 radical (unpaired) electrons. The first-order chi connectivity index (χ1) is 7.00. The number of carboxylic acid groups (broad SMARTS) is 1. The molecule has 0 heterocycles. The molecule has 0 saturated heterocycles. The molecule has 1 aromatic rings. The van der Waals surface area contributed by atoms with Gasteiger partial charge in [-0.15, -0.1) is 0 Å². The van der Waals surface area contributed by atoms with Crippen LogP contribution in [-0.2, 0) is 0 Å². The summed E-state index contributed by atoms with van der Waals surface area (Å²) >= 11 is 0. The molecular weight excluding hydrogens is 215 g/mol. The SMILES string of the molecule is CC(C)CC(=O)c1ccc(C(=O)O)cc1.[NaH]. The molecule has 0 aliphatic rings. The summed E-state index contributed by atoms with van der Waals surface area (Å²) in [7, 11) is 0. The summed E-state index contributed by atoms with van der Waals surface area (Å²) < 4.78 is 0. The number of carbonyl (C=O) groups excluding carboxylic acids is 1. The van der Waals surface area contributed by atoms with Gasteiger partial charge in [-0.05, 0) is 18.1 Å². The molecule has 0 fully saturated rings. The van der Waals surface area contributed by atoms with Crippen LogP contribution < -0.4 is 0 Å². The Morgan fingerprint density at radius 1 is 1.12 bits per heavy atom. The maximum absolute atomic E-state index is 11.6. The van der Waals surface area contributed by atoms with Crippen LogP contribution in [0.4, 0.5) is 0 Å². The van der Waals surface area contributed by atoms with E-state index >= 15 is 0 Å².